The monoisotopic (exact) mass is 702 g/mol. The largest absolute Gasteiger partial charge is 0.494 e. The van der Waals surface area contributed by atoms with Crippen LogP contribution < -0.4 is 4.74 Å². The van der Waals surface area contributed by atoms with E-state index in [1.54, 1.807) is 0 Å². The summed E-state index contributed by atoms with van der Waals surface area (Å²) in [7, 11) is 0. The summed E-state index contributed by atoms with van der Waals surface area (Å²) in [5, 5.41) is 0. The molecule has 270 valence electrons. The SMILES string of the molecule is C=C[C@H](C)C/C=C/[C@@H](C)C/C=C/[C@H](C)[C@@H](C)OCc1ccc(OCCCC(F)(F)C(F)(F)C(F)(F)C(F)(F)C(F)(F)C(F)(F)F)cc1. The van der Waals surface area contributed by atoms with Gasteiger partial charge in [0, 0.05) is 6.42 Å². The number of alkyl halides is 13. The number of benzene rings is 1. The predicted octanol–water partition coefficient (Wildman–Crippen LogP) is 11.5. The average molecular weight is 703 g/mol. The van der Waals surface area contributed by atoms with E-state index in [4.69, 9.17) is 9.47 Å². The third-order valence-electron chi connectivity index (χ3n) is 7.40. The maximum Gasteiger partial charge on any atom is 0.460 e. The summed E-state index contributed by atoms with van der Waals surface area (Å²) in [6.07, 6.45) is 0.982. The minimum atomic E-state index is -7.90. The van der Waals surface area contributed by atoms with E-state index >= 15 is 0 Å². The van der Waals surface area contributed by atoms with Crippen molar-refractivity contribution in [1.29, 1.82) is 0 Å². The first-order valence-electron chi connectivity index (χ1n) is 14.6. The Morgan fingerprint density at radius 2 is 1.19 bits per heavy atom. The molecule has 0 aliphatic heterocycles. The summed E-state index contributed by atoms with van der Waals surface area (Å²) in [4.78, 5) is 0. The fraction of sp³-hybridized carbons (Fsp3) is 0.625. The highest BCUT2D eigenvalue weighted by atomic mass is 19.4. The molecule has 1 rings (SSSR count). The molecule has 0 unspecified atom stereocenters. The van der Waals surface area contributed by atoms with Crippen molar-refractivity contribution < 1.29 is 66.5 Å². The molecule has 15 heteroatoms. The molecule has 0 N–H and O–H groups in total. The van der Waals surface area contributed by atoms with Gasteiger partial charge in [-0.15, -0.1) is 6.58 Å². The van der Waals surface area contributed by atoms with Gasteiger partial charge in [0.2, 0.25) is 0 Å². The molecule has 0 aliphatic rings. The number of hydrogen-bond acceptors (Lipinski definition) is 2. The van der Waals surface area contributed by atoms with Crippen molar-refractivity contribution in [3.8, 4) is 5.75 Å². The van der Waals surface area contributed by atoms with Crippen molar-refractivity contribution >= 4 is 0 Å². The number of hydrogen-bond donors (Lipinski definition) is 0. The standard InChI is InChI=1S/C32H39F13O2/c1-6-21(2)10-7-11-22(3)12-8-13-23(4)24(5)47-20-25-14-16-26(17-15-25)46-19-9-18-27(33,34)28(35,36)29(37,38)30(39,40)31(41,42)32(43,44)45/h6-8,11,13-17,21-24H,1,9-10,12,18-20H2,2-5H3/b11-7+,13-8+/t21-,22+,23-,24+/m0/s1. The Hall–Kier alpha value is -2.71. The van der Waals surface area contributed by atoms with Crippen LogP contribution in [-0.2, 0) is 11.3 Å². The normalized spacial score (nSPS) is 16.8. The van der Waals surface area contributed by atoms with Crippen LogP contribution in [0.3, 0.4) is 0 Å². The summed E-state index contributed by atoms with van der Waals surface area (Å²) >= 11 is 0. The molecule has 0 aromatic heterocycles. The molecule has 0 bridgehead atoms. The first-order valence-corrected chi connectivity index (χ1v) is 14.6. The summed E-state index contributed by atoms with van der Waals surface area (Å²) in [6, 6.07) is 5.74. The van der Waals surface area contributed by atoms with Gasteiger partial charge in [0.15, 0.2) is 0 Å². The van der Waals surface area contributed by atoms with Crippen molar-refractivity contribution in [2.24, 2.45) is 17.8 Å². The van der Waals surface area contributed by atoms with Gasteiger partial charge in [-0.1, -0.05) is 63.3 Å². The quantitative estimate of drug-likeness (QED) is 0.0765. The van der Waals surface area contributed by atoms with Crippen molar-refractivity contribution in [2.45, 2.75) is 102 Å². The fourth-order valence-electron chi connectivity index (χ4n) is 3.87. The van der Waals surface area contributed by atoms with Crippen LogP contribution in [0.4, 0.5) is 57.1 Å². The Bertz CT molecular complexity index is 1160. The van der Waals surface area contributed by atoms with Crippen LogP contribution in [-0.4, -0.2) is 48.5 Å². The highest BCUT2D eigenvalue weighted by Crippen LogP contribution is 2.60. The zero-order valence-corrected chi connectivity index (χ0v) is 26.2. The van der Waals surface area contributed by atoms with Gasteiger partial charge in [-0.25, -0.2) is 0 Å². The molecule has 0 fully saturated rings. The van der Waals surface area contributed by atoms with Crippen molar-refractivity contribution in [1.82, 2.24) is 0 Å². The maximum atomic E-state index is 13.9. The van der Waals surface area contributed by atoms with Crippen molar-refractivity contribution in [3.05, 3.63) is 66.8 Å². The highest BCUT2D eigenvalue weighted by molar-refractivity contribution is 5.27. The van der Waals surface area contributed by atoms with Crippen LogP contribution in [0.1, 0.15) is 58.9 Å². The molecule has 0 heterocycles. The second-order valence-corrected chi connectivity index (χ2v) is 11.5. The van der Waals surface area contributed by atoms with Gasteiger partial charge in [-0.2, -0.15) is 57.1 Å². The minimum Gasteiger partial charge on any atom is -0.494 e. The first-order chi connectivity index (χ1) is 21.4. The molecule has 4 atom stereocenters. The summed E-state index contributed by atoms with van der Waals surface area (Å²) in [6.45, 7) is 11.1. The molecule has 0 radical (unpaired) electrons. The molecule has 1 aromatic carbocycles. The minimum absolute atomic E-state index is 0.0111. The van der Waals surface area contributed by atoms with Crippen LogP contribution in [0.2, 0.25) is 0 Å². The Kier molecular flexibility index (Phi) is 14.9. The molecule has 1 aromatic rings. The van der Waals surface area contributed by atoms with E-state index in [1.165, 1.54) is 24.3 Å². The van der Waals surface area contributed by atoms with E-state index in [0.29, 0.717) is 17.4 Å². The Labute approximate surface area is 265 Å². The smallest absolute Gasteiger partial charge is 0.460 e. The first kappa shape index (κ1) is 42.3. The fourth-order valence-corrected chi connectivity index (χ4v) is 3.87. The molecule has 2 nitrogen and oxygen atoms in total. The summed E-state index contributed by atoms with van der Waals surface area (Å²) < 4.78 is 183. The lowest BCUT2D eigenvalue weighted by molar-refractivity contribution is -0.440. The third kappa shape index (κ3) is 10.6. The van der Waals surface area contributed by atoms with Crippen molar-refractivity contribution in [3.63, 3.8) is 0 Å². The Morgan fingerprint density at radius 1 is 0.681 bits per heavy atom. The van der Waals surface area contributed by atoms with Crippen LogP contribution in [0.15, 0.2) is 61.2 Å². The molecule has 0 aliphatic carbocycles. The van der Waals surface area contributed by atoms with Crippen LogP contribution in [0.25, 0.3) is 0 Å². The zero-order chi connectivity index (χ0) is 36.5. The van der Waals surface area contributed by atoms with Gasteiger partial charge in [0.25, 0.3) is 0 Å². The van der Waals surface area contributed by atoms with Gasteiger partial charge in [0.1, 0.15) is 5.75 Å². The molecule has 47 heavy (non-hydrogen) atoms. The number of rotatable bonds is 20. The van der Waals surface area contributed by atoms with Gasteiger partial charge in [-0.05, 0) is 61.6 Å². The van der Waals surface area contributed by atoms with Gasteiger partial charge < -0.3 is 9.47 Å². The molecule has 0 amide bonds. The van der Waals surface area contributed by atoms with E-state index in [2.05, 4.69) is 38.7 Å². The van der Waals surface area contributed by atoms with E-state index in [9.17, 15) is 57.1 Å². The number of ether oxygens (including phenoxy) is 2. The zero-order valence-electron chi connectivity index (χ0n) is 26.2. The topological polar surface area (TPSA) is 18.5 Å². The Balaban J connectivity index is 2.63. The van der Waals surface area contributed by atoms with E-state index in [0.717, 1.165) is 12.8 Å². The molecule has 0 saturated heterocycles. The third-order valence-corrected chi connectivity index (χ3v) is 7.40. The lowest BCUT2D eigenvalue weighted by atomic mass is 9.92. The lowest BCUT2D eigenvalue weighted by Gasteiger charge is -2.39. The maximum absolute atomic E-state index is 13.9. The van der Waals surface area contributed by atoms with Crippen LogP contribution in [0, 0.1) is 17.8 Å². The molecular formula is C32H39F13O2. The number of halogens is 13. The van der Waals surface area contributed by atoms with E-state index in [1.807, 2.05) is 26.0 Å². The molecule has 0 spiro atoms. The van der Waals surface area contributed by atoms with Gasteiger partial charge >= 0.3 is 35.8 Å². The van der Waals surface area contributed by atoms with E-state index < -0.39 is 55.2 Å². The molecule has 0 saturated carbocycles. The summed E-state index contributed by atoms with van der Waals surface area (Å²) in [5.41, 5.74) is 0.665. The summed E-state index contributed by atoms with van der Waals surface area (Å²) in [5.74, 6) is -36.0. The average Bonchev–Trinajstić information content (AvgIpc) is 2.97. The van der Waals surface area contributed by atoms with Gasteiger partial charge in [-0.3, -0.25) is 0 Å². The van der Waals surface area contributed by atoms with Gasteiger partial charge in [0.05, 0.1) is 19.3 Å². The predicted molar refractivity (Wildman–Crippen MR) is 151 cm³/mol. The second-order valence-electron chi connectivity index (χ2n) is 11.5. The van der Waals surface area contributed by atoms with Crippen LogP contribution in [0.5, 0.6) is 5.75 Å². The molecular weight excluding hydrogens is 663 g/mol. The lowest BCUT2D eigenvalue weighted by Crippen LogP contribution is -2.70. The highest BCUT2D eigenvalue weighted by Gasteiger charge is 2.90. The Morgan fingerprint density at radius 3 is 1.72 bits per heavy atom. The second kappa shape index (κ2) is 16.6. The van der Waals surface area contributed by atoms with Crippen molar-refractivity contribution in [2.75, 3.05) is 6.61 Å². The van der Waals surface area contributed by atoms with Crippen LogP contribution >= 0.6 is 0 Å². The van der Waals surface area contributed by atoms with E-state index in [-0.39, 0.29) is 24.4 Å². The number of allylic oxidation sites excluding steroid dienone is 4.